The van der Waals surface area contributed by atoms with Crippen LogP contribution < -0.4 is 10.6 Å². The molecule has 0 aromatic carbocycles. The summed E-state index contributed by atoms with van der Waals surface area (Å²) in [6.45, 7) is 5.49. The first-order chi connectivity index (χ1) is 12.1. The van der Waals surface area contributed by atoms with Crippen molar-refractivity contribution in [3.8, 4) is 0 Å². The lowest BCUT2D eigenvalue weighted by atomic mass is 10.1. The van der Waals surface area contributed by atoms with Gasteiger partial charge in [-0.25, -0.2) is 4.79 Å². The van der Waals surface area contributed by atoms with Crippen LogP contribution in [-0.2, 0) is 11.8 Å². The maximum absolute atomic E-state index is 12.3. The van der Waals surface area contributed by atoms with Crippen LogP contribution >= 0.6 is 0 Å². The molecule has 25 heavy (non-hydrogen) atoms. The number of pyridine rings is 1. The summed E-state index contributed by atoms with van der Waals surface area (Å²) >= 11 is 0. The molecular weight excluding hydrogens is 320 g/mol. The van der Waals surface area contributed by atoms with E-state index in [1.54, 1.807) is 23.3 Å². The summed E-state index contributed by atoms with van der Waals surface area (Å²) in [5, 5.41) is 10.1. The van der Waals surface area contributed by atoms with Gasteiger partial charge in [-0.05, 0) is 24.6 Å². The minimum absolute atomic E-state index is 0.0904. The summed E-state index contributed by atoms with van der Waals surface area (Å²) in [4.78, 5) is 18.7. The maximum Gasteiger partial charge on any atom is 0.319 e. The number of carbonyl (C=O) groups is 1. The number of nitrogens with one attached hydrogen (secondary N) is 2. The van der Waals surface area contributed by atoms with E-state index in [9.17, 15) is 4.79 Å². The van der Waals surface area contributed by atoms with Crippen molar-refractivity contribution in [3.05, 3.63) is 42.0 Å². The van der Waals surface area contributed by atoms with E-state index in [4.69, 9.17) is 4.74 Å². The standard InChI is InChI=1S/C17H24N6O2/c1-13-15(12-22(2)21-13)20-17(24)19-11-16(14-3-5-18-6-4-14)23-7-9-25-10-8-23/h3-6,12,16H,7-11H2,1-2H3,(H2,19,20,24). The van der Waals surface area contributed by atoms with Gasteiger partial charge in [0.05, 0.1) is 30.6 Å². The Morgan fingerprint density at radius 1 is 1.32 bits per heavy atom. The summed E-state index contributed by atoms with van der Waals surface area (Å²) in [5.41, 5.74) is 2.64. The number of urea groups is 1. The normalized spacial score (nSPS) is 16.4. The fourth-order valence-corrected chi connectivity index (χ4v) is 3.01. The molecule has 2 amide bonds. The molecule has 1 aliphatic heterocycles. The number of anilines is 1. The van der Waals surface area contributed by atoms with Gasteiger partial charge in [0.25, 0.3) is 0 Å². The van der Waals surface area contributed by atoms with E-state index >= 15 is 0 Å². The number of ether oxygens (including phenoxy) is 1. The Morgan fingerprint density at radius 2 is 2.04 bits per heavy atom. The van der Waals surface area contributed by atoms with Crippen molar-refractivity contribution in [2.24, 2.45) is 7.05 Å². The number of rotatable bonds is 5. The number of nitrogens with zero attached hydrogens (tertiary/aromatic N) is 4. The summed E-state index contributed by atoms with van der Waals surface area (Å²) in [7, 11) is 1.83. The monoisotopic (exact) mass is 344 g/mol. The van der Waals surface area contributed by atoms with E-state index in [0.29, 0.717) is 25.4 Å². The van der Waals surface area contributed by atoms with Gasteiger partial charge in [0.1, 0.15) is 0 Å². The Labute approximate surface area is 147 Å². The fraction of sp³-hybridized carbons (Fsp3) is 0.471. The van der Waals surface area contributed by atoms with Crippen molar-refractivity contribution < 1.29 is 9.53 Å². The third-order valence-electron chi connectivity index (χ3n) is 4.29. The Kier molecular flexibility index (Phi) is 5.62. The van der Waals surface area contributed by atoms with Gasteiger partial charge in [-0.3, -0.25) is 14.6 Å². The van der Waals surface area contributed by atoms with Crippen LogP contribution in [0.2, 0.25) is 0 Å². The molecular formula is C17H24N6O2. The average Bonchev–Trinajstić information content (AvgIpc) is 2.94. The summed E-state index contributed by atoms with van der Waals surface area (Å²) < 4.78 is 7.12. The highest BCUT2D eigenvalue weighted by Crippen LogP contribution is 2.20. The number of aromatic nitrogens is 3. The van der Waals surface area contributed by atoms with Gasteiger partial charge < -0.3 is 15.4 Å². The molecule has 0 radical (unpaired) electrons. The third-order valence-corrected chi connectivity index (χ3v) is 4.29. The molecule has 0 bridgehead atoms. The lowest BCUT2D eigenvalue weighted by molar-refractivity contribution is 0.0167. The van der Waals surface area contributed by atoms with Gasteiger partial charge in [0, 0.05) is 45.3 Å². The molecule has 134 valence electrons. The number of morpholine rings is 1. The molecule has 8 heteroatoms. The average molecular weight is 344 g/mol. The summed E-state index contributed by atoms with van der Waals surface area (Å²) in [5.74, 6) is 0. The highest BCUT2D eigenvalue weighted by molar-refractivity contribution is 5.89. The van der Waals surface area contributed by atoms with Gasteiger partial charge in [-0.15, -0.1) is 0 Å². The maximum atomic E-state index is 12.3. The smallest absolute Gasteiger partial charge is 0.319 e. The SMILES string of the molecule is Cc1nn(C)cc1NC(=O)NCC(c1ccncc1)N1CCOCC1. The third kappa shape index (κ3) is 4.55. The number of hydrogen-bond acceptors (Lipinski definition) is 5. The Bertz CT molecular complexity index is 696. The molecule has 2 aromatic heterocycles. The molecule has 1 atom stereocenters. The largest absolute Gasteiger partial charge is 0.379 e. The first-order valence-electron chi connectivity index (χ1n) is 8.40. The van der Waals surface area contributed by atoms with Gasteiger partial charge in [-0.2, -0.15) is 5.10 Å². The van der Waals surface area contributed by atoms with Crippen LogP contribution in [0.1, 0.15) is 17.3 Å². The van der Waals surface area contributed by atoms with Crippen LogP contribution in [0.3, 0.4) is 0 Å². The second kappa shape index (κ2) is 8.09. The van der Waals surface area contributed by atoms with E-state index in [-0.39, 0.29) is 12.1 Å². The van der Waals surface area contributed by atoms with E-state index in [2.05, 4.69) is 25.6 Å². The van der Waals surface area contributed by atoms with Crippen LogP contribution in [0.15, 0.2) is 30.7 Å². The molecule has 3 heterocycles. The highest BCUT2D eigenvalue weighted by atomic mass is 16.5. The minimum atomic E-state index is -0.233. The number of hydrogen-bond donors (Lipinski definition) is 2. The predicted octanol–water partition coefficient (Wildman–Crippen LogP) is 1.32. The quantitative estimate of drug-likeness (QED) is 0.855. The molecule has 0 aliphatic carbocycles. The molecule has 1 saturated heterocycles. The van der Waals surface area contributed by atoms with Crippen molar-refractivity contribution in [3.63, 3.8) is 0 Å². The molecule has 2 N–H and O–H groups in total. The first kappa shape index (κ1) is 17.4. The van der Waals surface area contributed by atoms with Crippen molar-refractivity contribution in [2.45, 2.75) is 13.0 Å². The van der Waals surface area contributed by atoms with E-state index in [1.807, 2.05) is 26.1 Å². The molecule has 3 rings (SSSR count). The molecule has 0 saturated carbocycles. The topological polar surface area (TPSA) is 84.3 Å². The van der Waals surface area contributed by atoms with Crippen LogP contribution in [-0.4, -0.2) is 58.5 Å². The fourth-order valence-electron chi connectivity index (χ4n) is 3.01. The molecule has 1 aliphatic rings. The van der Waals surface area contributed by atoms with Crippen LogP contribution in [0, 0.1) is 6.92 Å². The molecule has 0 spiro atoms. The lowest BCUT2D eigenvalue weighted by Gasteiger charge is -2.34. The Morgan fingerprint density at radius 3 is 2.68 bits per heavy atom. The Hall–Kier alpha value is -2.45. The highest BCUT2D eigenvalue weighted by Gasteiger charge is 2.23. The molecule has 1 unspecified atom stereocenters. The van der Waals surface area contributed by atoms with Crippen molar-refractivity contribution in [1.82, 2.24) is 25.0 Å². The van der Waals surface area contributed by atoms with E-state index < -0.39 is 0 Å². The van der Waals surface area contributed by atoms with Crippen molar-refractivity contribution >= 4 is 11.7 Å². The van der Waals surface area contributed by atoms with Gasteiger partial charge in [0.2, 0.25) is 0 Å². The minimum Gasteiger partial charge on any atom is -0.379 e. The van der Waals surface area contributed by atoms with E-state index in [1.165, 1.54) is 0 Å². The Balaban J connectivity index is 1.63. The van der Waals surface area contributed by atoms with Crippen molar-refractivity contribution in [1.29, 1.82) is 0 Å². The first-order valence-corrected chi connectivity index (χ1v) is 8.40. The summed E-state index contributed by atoms with van der Waals surface area (Å²) in [6.07, 6.45) is 5.35. The number of amides is 2. The zero-order chi connectivity index (χ0) is 17.6. The zero-order valence-electron chi connectivity index (χ0n) is 14.6. The van der Waals surface area contributed by atoms with Gasteiger partial charge in [0.15, 0.2) is 0 Å². The zero-order valence-corrected chi connectivity index (χ0v) is 14.6. The molecule has 1 fully saturated rings. The second-order valence-electron chi connectivity index (χ2n) is 6.08. The number of carbonyl (C=O) groups excluding carboxylic acids is 1. The summed E-state index contributed by atoms with van der Waals surface area (Å²) in [6, 6.07) is 3.84. The van der Waals surface area contributed by atoms with Crippen LogP contribution in [0.5, 0.6) is 0 Å². The van der Waals surface area contributed by atoms with Crippen LogP contribution in [0.4, 0.5) is 10.5 Å². The number of aryl methyl sites for hydroxylation is 2. The van der Waals surface area contributed by atoms with Gasteiger partial charge in [-0.1, -0.05) is 0 Å². The van der Waals surface area contributed by atoms with Crippen molar-refractivity contribution in [2.75, 3.05) is 38.2 Å². The predicted molar refractivity (Wildman–Crippen MR) is 94.3 cm³/mol. The molecule has 2 aromatic rings. The lowest BCUT2D eigenvalue weighted by Crippen LogP contribution is -2.44. The van der Waals surface area contributed by atoms with Gasteiger partial charge >= 0.3 is 6.03 Å². The van der Waals surface area contributed by atoms with E-state index in [0.717, 1.165) is 24.3 Å². The molecule has 8 nitrogen and oxygen atoms in total. The second-order valence-corrected chi connectivity index (χ2v) is 6.08. The van der Waals surface area contributed by atoms with Crippen LogP contribution in [0.25, 0.3) is 0 Å².